The first-order valence-corrected chi connectivity index (χ1v) is 7.36. The van der Waals surface area contributed by atoms with E-state index in [2.05, 4.69) is 51.8 Å². The molecule has 0 spiro atoms. The molecule has 2 rings (SSSR count). The second kappa shape index (κ2) is 6.04. The van der Waals surface area contributed by atoms with Crippen LogP contribution >= 0.6 is 15.9 Å². The van der Waals surface area contributed by atoms with Gasteiger partial charge in [-0.25, -0.2) is 0 Å². The Balaban J connectivity index is 1.99. The topological polar surface area (TPSA) is 32.5 Å². The lowest BCUT2D eigenvalue weighted by atomic mass is 10.1. The Kier molecular flexibility index (Phi) is 4.65. The number of piperazine rings is 1. The van der Waals surface area contributed by atoms with Gasteiger partial charge in [0, 0.05) is 42.4 Å². The van der Waals surface area contributed by atoms with Crippen LogP contribution in [0.3, 0.4) is 0 Å². The van der Waals surface area contributed by atoms with Crippen molar-refractivity contribution in [1.29, 1.82) is 0 Å². The molecule has 18 heavy (non-hydrogen) atoms. The largest absolute Gasteiger partial charge is 0.398 e. The maximum absolute atomic E-state index is 5.93. The lowest BCUT2D eigenvalue weighted by Crippen LogP contribution is -2.50. The monoisotopic (exact) mass is 311 g/mol. The van der Waals surface area contributed by atoms with Crippen molar-refractivity contribution in [3.8, 4) is 0 Å². The lowest BCUT2D eigenvalue weighted by Gasteiger charge is -2.39. The number of hydrogen-bond acceptors (Lipinski definition) is 3. The van der Waals surface area contributed by atoms with Crippen LogP contribution in [0.15, 0.2) is 22.7 Å². The van der Waals surface area contributed by atoms with E-state index in [0.29, 0.717) is 6.04 Å². The number of rotatable bonds is 3. The van der Waals surface area contributed by atoms with Crippen molar-refractivity contribution in [2.45, 2.75) is 25.9 Å². The van der Waals surface area contributed by atoms with E-state index in [0.717, 1.165) is 36.3 Å². The van der Waals surface area contributed by atoms with Gasteiger partial charge in [-0.2, -0.15) is 0 Å². The van der Waals surface area contributed by atoms with Crippen molar-refractivity contribution in [3.05, 3.63) is 28.2 Å². The molecule has 0 bridgehead atoms. The second-order valence-corrected chi connectivity index (χ2v) is 5.99. The quantitative estimate of drug-likeness (QED) is 0.871. The molecule has 0 amide bonds. The zero-order valence-corrected chi connectivity index (χ0v) is 12.8. The molecule has 2 N–H and O–H groups in total. The average molecular weight is 312 g/mol. The molecule has 1 aromatic rings. The van der Waals surface area contributed by atoms with Gasteiger partial charge in [-0.15, -0.1) is 0 Å². The molecule has 1 unspecified atom stereocenters. The third-order valence-corrected chi connectivity index (χ3v) is 4.52. The highest BCUT2D eigenvalue weighted by Crippen LogP contribution is 2.22. The Hall–Kier alpha value is -0.580. The highest BCUT2D eigenvalue weighted by atomic mass is 79.9. The lowest BCUT2D eigenvalue weighted by molar-refractivity contribution is 0.0884. The van der Waals surface area contributed by atoms with Gasteiger partial charge in [0.15, 0.2) is 0 Å². The number of hydrogen-bond donors (Lipinski definition) is 1. The predicted molar refractivity (Wildman–Crippen MR) is 80.5 cm³/mol. The maximum atomic E-state index is 5.93. The fraction of sp³-hybridized carbons (Fsp3) is 0.571. The highest BCUT2D eigenvalue weighted by Gasteiger charge is 2.22. The summed E-state index contributed by atoms with van der Waals surface area (Å²) >= 11 is 3.44. The van der Waals surface area contributed by atoms with E-state index in [1.807, 2.05) is 6.07 Å². The van der Waals surface area contributed by atoms with E-state index in [1.54, 1.807) is 0 Å². The van der Waals surface area contributed by atoms with Crippen molar-refractivity contribution in [2.75, 3.05) is 32.4 Å². The van der Waals surface area contributed by atoms with Crippen LogP contribution in [-0.4, -0.2) is 42.5 Å². The fourth-order valence-corrected chi connectivity index (χ4v) is 2.79. The molecular weight excluding hydrogens is 290 g/mol. The minimum Gasteiger partial charge on any atom is -0.398 e. The second-order valence-electron chi connectivity index (χ2n) is 5.13. The van der Waals surface area contributed by atoms with Gasteiger partial charge in [0.25, 0.3) is 0 Å². The number of likely N-dealkylation sites (N-methyl/N-ethyl adjacent to an activating group) is 1. The Morgan fingerprint density at radius 1 is 1.39 bits per heavy atom. The molecule has 1 aliphatic rings. The molecule has 1 atom stereocenters. The summed E-state index contributed by atoms with van der Waals surface area (Å²) in [5.74, 6) is 0. The van der Waals surface area contributed by atoms with E-state index >= 15 is 0 Å². The van der Waals surface area contributed by atoms with Crippen LogP contribution in [0.2, 0.25) is 0 Å². The highest BCUT2D eigenvalue weighted by molar-refractivity contribution is 9.10. The predicted octanol–water partition coefficient (Wildman–Crippen LogP) is 2.56. The van der Waals surface area contributed by atoms with Crippen LogP contribution in [-0.2, 0) is 6.54 Å². The van der Waals surface area contributed by atoms with Gasteiger partial charge in [0.2, 0.25) is 0 Å². The van der Waals surface area contributed by atoms with Gasteiger partial charge < -0.3 is 10.6 Å². The zero-order chi connectivity index (χ0) is 13.1. The maximum Gasteiger partial charge on any atom is 0.0461 e. The van der Waals surface area contributed by atoms with Gasteiger partial charge >= 0.3 is 0 Å². The Bertz CT molecular complexity index is 408. The fourth-order valence-electron chi connectivity index (χ4n) is 2.54. The summed E-state index contributed by atoms with van der Waals surface area (Å²) in [5, 5.41) is 0. The van der Waals surface area contributed by atoms with Crippen molar-refractivity contribution in [1.82, 2.24) is 9.80 Å². The van der Waals surface area contributed by atoms with Gasteiger partial charge in [0.05, 0.1) is 0 Å². The molecule has 1 heterocycles. The molecular formula is C14H22BrN3. The number of halogens is 1. The molecule has 4 heteroatoms. The summed E-state index contributed by atoms with van der Waals surface area (Å²) in [5.41, 5.74) is 8.06. The zero-order valence-electron chi connectivity index (χ0n) is 11.2. The normalized spacial score (nSPS) is 22.3. The number of nitrogens with two attached hydrogens (primary N) is 1. The van der Waals surface area contributed by atoms with E-state index in [1.165, 1.54) is 12.0 Å². The molecule has 0 aromatic heterocycles. The van der Waals surface area contributed by atoms with Crippen LogP contribution in [0.1, 0.15) is 18.9 Å². The van der Waals surface area contributed by atoms with E-state index in [9.17, 15) is 0 Å². The number of nitrogen functional groups attached to an aromatic ring is 1. The van der Waals surface area contributed by atoms with Crippen LogP contribution in [0.4, 0.5) is 5.69 Å². The minimum absolute atomic E-state index is 0.687. The van der Waals surface area contributed by atoms with Gasteiger partial charge in [0.1, 0.15) is 0 Å². The van der Waals surface area contributed by atoms with Crippen molar-refractivity contribution in [2.24, 2.45) is 0 Å². The molecule has 1 saturated heterocycles. The van der Waals surface area contributed by atoms with Crippen LogP contribution in [0.5, 0.6) is 0 Å². The van der Waals surface area contributed by atoms with E-state index in [-0.39, 0.29) is 0 Å². The molecule has 0 radical (unpaired) electrons. The SMILES string of the molecule is CCC1CN(Cc2ccc(Br)c(N)c2)CCN1C. The Morgan fingerprint density at radius 3 is 2.83 bits per heavy atom. The standard InChI is InChI=1S/C14H22BrN3/c1-3-12-10-18(7-6-17(12)2)9-11-4-5-13(15)14(16)8-11/h4-5,8,12H,3,6-7,9-10,16H2,1-2H3. The van der Waals surface area contributed by atoms with Gasteiger partial charge in [-0.1, -0.05) is 13.0 Å². The molecule has 0 saturated carbocycles. The van der Waals surface area contributed by atoms with Gasteiger partial charge in [-0.3, -0.25) is 4.90 Å². The van der Waals surface area contributed by atoms with Crippen molar-refractivity contribution < 1.29 is 0 Å². The average Bonchev–Trinajstić information content (AvgIpc) is 2.36. The summed E-state index contributed by atoms with van der Waals surface area (Å²) in [4.78, 5) is 4.99. The first-order valence-electron chi connectivity index (χ1n) is 6.56. The Morgan fingerprint density at radius 2 is 2.17 bits per heavy atom. The Labute approximate surface area is 118 Å². The van der Waals surface area contributed by atoms with Crippen LogP contribution in [0, 0.1) is 0 Å². The van der Waals surface area contributed by atoms with Crippen molar-refractivity contribution >= 4 is 21.6 Å². The first-order chi connectivity index (χ1) is 8.60. The van der Waals surface area contributed by atoms with Crippen molar-refractivity contribution in [3.63, 3.8) is 0 Å². The van der Waals surface area contributed by atoms with Crippen LogP contribution < -0.4 is 5.73 Å². The summed E-state index contributed by atoms with van der Waals surface area (Å²) in [6.45, 7) is 6.72. The number of nitrogens with zero attached hydrogens (tertiary/aromatic N) is 2. The molecule has 0 aliphatic carbocycles. The molecule has 1 aliphatic heterocycles. The number of anilines is 1. The first kappa shape index (κ1) is 13.8. The molecule has 100 valence electrons. The third kappa shape index (κ3) is 3.25. The summed E-state index contributed by atoms with van der Waals surface area (Å²) in [6, 6.07) is 6.95. The van der Waals surface area contributed by atoms with E-state index < -0.39 is 0 Å². The molecule has 1 aromatic carbocycles. The smallest absolute Gasteiger partial charge is 0.0461 e. The van der Waals surface area contributed by atoms with Crippen LogP contribution in [0.25, 0.3) is 0 Å². The molecule has 3 nitrogen and oxygen atoms in total. The van der Waals surface area contributed by atoms with Gasteiger partial charge in [-0.05, 0) is 47.1 Å². The van der Waals surface area contributed by atoms with E-state index in [4.69, 9.17) is 5.73 Å². The number of benzene rings is 1. The summed E-state index contributed by atoms with van der Waals surface area (Å²) in [7, 11) is 2.23. The summed E-state index contributed by atoms with van der Waals surface area (Å²) in [6.07, 6.45) is 1.22. The summed E-state index contributed by atoms with van der Waals surface area (Å²) < 4.78 is 0.982. The minimum atomic E-state index is 0.687. The molecule has 1 fully saturated rings. The third-order valence-electron chi connectivity index (χ3n) is 3.80.